The summed E-state index contributed by atoms with van der Waals surface area (Å²) in [7, 11) is 0. The number of hydrogen-bond donors (Lipinski definition) is 3. The number of carbonyl (C=O) groups excluding carboxylic acids is 6. The van der Waals surface area contributed by atoms with Gasteiger partial charge < -0.3 is 35.0 Å². The molecule has 2 unspecified atom stereocenters. The highest BCUT2D eigenvalue weighted by molar-refractivity contribution is 5.99. The maximum absolute atomic E-state index is 15.1. The zero-order valence-corrected chi connectivity index (χ0v) is 49.4. The molecule has 3 N–H and O–H groups in total. The van der Waals surface area contributed by atoms with Gasteiger partial charge in [0.05, 0.1) is 23.2 Å². The first-order valence-corrected chi connectivity index (χ1v) is 30.4. The first-order chi connectivity index (χ1) is 41.6. The molecular weight excluding hydrogens is 1090 g/mol. The molecule has 0 radical (unpaired) electrons. The number of likely N-dealkylation sites (tertiary alicyclic amines) is 1. The summed E-state index contributed by atoms with van der Waals surface area (Å²) >= 11 is 0. The van der Waals surface area contributed by atoms with Gasteiger partial charge in [0.15, 0.2) is 0 Å². The largest absolute Gasteiger partial charge is 0.448 e. The molecule has 3 saturated heterocycles. The number of nitrogens with zero attached hydrogens (tertiary/aromatic N) is 7. The minimum Gasteiger partial charge on any atom is -0.448 e. The average Bonchev–Trinajstić information content (AvgIpc) is 2.55. The first-order valence-electron chi connectivity index (χ1n) is 30.4. The van der Waals surface area contributed by atoms with Crippen LogP contribution in [0.15, 0.2) is 120 Å². The van der Waals surface area contributed by atoms with Crippen LogP contribution in [0.4, 0.5) is 9.18 Å². The van der Waals surface area contributed by atoms with Crippen molar-refractivity contribution >= 4 is 46.4 Å². The molecule has 19 heteroatoms. The van der Waals surface area contributed by atoms with Crippen LogP contribution in [0.3, 0.4) is 0 Å². The number of hydrogen-bond acceptors (Lipinski definition) is 11. The Labute approximate surface area is 501 Å². The summed E-state index contributed by atoms with van der Waals surface area (Å²) in [4.78, 5) is 105. The number of halogens is 1. The second-order valence-electron chi connectivity index (χ2n) is 24.4. The van der Waals surface area contributed by atoms with E-state index < -0.39 is 23.4 Å². The van der Waals surface area contributed by atoms with Crippen molar-refractivity contribution in [1.82, 2.24) is 50.2 Å². The van der Waals surface area contributed by atoms with Crippen molar-refractivity contribution in [3.05, 3.63) is 171 Å². The predicted octanol–water partition coefficient (Wildman–Crippen LogP) is 7.03. The molecule has 2 aliphatic carbocycles. The van der Waals surface area contributed by atoms with Crippen LogP contribution in [0.25, 0.3) is 21.9 Å². The third kappa shape index (κ3) is 13.5. The number of piperazine rings is 2. The topological polar surface area (TPSA) is 201 Å². The number of benzene rings is 5. The molecule has 4 heterocycles. The molecule has 0 spiro atoms. The standard InChI is InChI=1S/C67H77FN10O8/c1-44(25-26-69-39-60(79)74-32-34-75(35-33-74)64(83)56-36-45(21-24-58(56)68)37-59-54-19-8-9-20-55(54)63(82)72-71-59)40-73-28-30-76(31-29-73)65(84)67(2,3)70-62(81)47-13-10-12-46(38-47)48-14-11-27-77(41-48)61(80)42-78(49-22-23-49)66(85)86-43-57-52-17-6-4-15-50(52)51-16-5-7-18-53(51)57/h4-10,12-13,15-21,24,36,38,44,48-49,57,69H,11,14,22-23,25-35,37,39-43H2,1-3H3,(H,70,81)(H,72,82). The normalized spacial score (nSPS) is 17.7. The maximum Gasteiger partial charge on any atom is 0.410 e. The molecule has 5 aliphatic rings. The van der Waals surface area contributed by atoms with Gasteiger partial charge in [-0.15, -0.1) is 0 Å². The molecule has 18 nitrogen and oxygen atoms in total. The zero-order valence-electron chi connectivity index (χ0n) is 49.4. The van der Waals surface area contributed by atoms with Gasteiger partial charge in [-0.05, 0) is 122 Å². The molecule has 2 atom stereocenters. The van der Waals surface area contributed by atoms with Crippen LogP contribution in [0.5, 0.6) is 0 Å². The highest BCUT2D eigenvalue weighted by atomic mass is 19.1. The van der Waals surface area contributed by atoms with Gasteiger partial charge in [-0.1, -0.05) is 91.9 Å². The van der Waals surface area contributed by atoms with Gasteiger partial charge >= 0.3 is 6.09 Å². The number of nitrogens with one attached hydrogen (secondary N) is 3. The summed E-state index contributed by atoms with van der Waals surface area (Å²) < 4.78 is 21.1. The number of aromatic amines is 1. The summed E-state index contributed by atoms with van der Waals surface area (Å²) in [6.07, 6.45) is 3.98. The van der Waals surface area contributed by atoms with Crippen molar-refractivity contribution in [2.75, 3.05) is 98.2 Å². The summed E-state index contributed by atoms with van der Waals surface area (Å²) in [5, 5.41) is 14.3. The lowest BCUT2D eigenvalue weighted by atomic mass is 9.89. The van der Waals surface area contributed by atoms with Gasteiger partial charge in [0.1, 0.15) is 24.5 Å². The van der Waals surface area contributed by atoms with Crippen LogP contribution < -0.4 is 16.2 Å². The molecule has 6 amide bonds. The van der Waals surface area contributed by atoms with Gasteiger partial charge in [0.2, 0.25) is 17.7 Å². The Kier molecular flexibility index (Phi) is 18.1. The lowest BCUT2D eigenvalue weighted by Crippen LogP contribution is -2.60. The second-order valence-corrected chi connectivity index (χ2v) is 24.4. The van der Waals surface area contributed by atoms with E-state index in [1.54, 1.807) is 52.8 Å². The van der Waals surface area contributed by atoms with Crippen molar-refractivity contribution < 1.29 is 37.9 Å². The van der Waals surface area contributed by atoms with Crippen LogP contribution in [0.1, 0.15) is 113 Å². The molecule has 1 saturated carbocycles. The van der Waals surface area contributed by atoms with E-state index in [2.05, 4.69) is 56.9 Å². The van der Waals surface area contributed by atoms with Crippen molar-refractivity contribution in [3.63, 3.8) is 0 Å². The lowest BCUT2D eigenvalue weighted by molar-refractivity contribution is -0.138. The Bertz CT molecular complexity index is 3530. The number of carbonyl (C=O) groups is 6. The van der Waals surface area contributed by atoms with E-state index in [1.165, 1.54) is 12.1 Å². The lowest BCUT2D eigenvalue weighted by Gasteiger charge is -2.39. The molecule has 86 heavy (non-hydrogen) atoms. The summed E-state index contributed by atoms with van der Waals surface area (Å²) in [6, 6.07) is 35.5. The van der Waals surface area contributed by atoms with E-state index in [0.29, 0.717) is 98.8 Å². The van der Waals surface area contributed by atoms with Crippen LogP contribution >= 0.6 is 0 Å². The third-order valence-electron chi connectivity index (χ3n) is 17.9. The van der Waals surface area contributed by atoms with Gasteiger partial charge in [-0.3, -0.25) is 38.6 Å². The Morgan fingerprint density at radius 2 is 1.42 bits per heavy atom. The van der Waals surface area contributed by atoms with Crippen LogP contribution in [-0.4, -0.2) is 185 Å². The van der Waals surface area contributed by atoms with Gasteiger partial charge in [0.25, 0.3) is 17.4 Å². The van der Waals surface area contributed by atoms with Crippen LogP contribution in [0.2, 0.25) is 0 Å². The van der Waals surface area contributed by atoms with Crippen molar-refractivity contribution in [2.45, 2.75) is 82.7 Å². The van der Waals surface area contributed by atoms with Crippen molar-refractivity contribution in [2.24, 2.45) is 5.92 Å². The molecule has 450 valence electrons. The van der Waals surface area contributed by atoms with Crippen LogP contribution in [-0.2, 0) is 25.5 Å². The quantitative estimate of drug-likeness (QED) is 0.0704. The molecule has 6 aromatic rings. The Morgan fingerprint density at radius 1 is 0.744 bits per heavy atom. The van der Waals surface area contributed by atoms with E-state index in [4.69, 9.17) is 4.74 Å². The van der Waals surface area contributed by atoms with Crippen molar-refractivity contribution in [1.29, 1.82) is 0 Å². The average molecular weight is 1170 g/mol. The summed E-state index contributed by atoms with van der Waals surface area (Å²) in [6.45, 7) is 12.2. The monoisotopic (exact) mass is 1170 g/mol. The zero-order chi connectivity index (χ0) is 60.1. The Morgan fingerprint density at radius 3 is 2.14 bits per heavy atom. The third-order valence-corrected chi connectivity index (χ3v) is 17.9. The SMILES string of the molecule is CC(CCNCC(=O)N1CCN(C(=O)c2cc(Cc3n[nH]c(=O)c4ccccc34)ccc2F)CC1)CN1CCN(C(=O)C(C)(C)NC(=O)c2cccc(C3CCCN(C(=O)CN(C(=O)OCC4c5ccccc5-c5ccccc54)C4CC4)C3)c2)CC1. The molecule has 1 aromatic heterocycles. The van der Waals surface area contributed by atoms with Gasteiger partial charge in [0, 0.05) is 107 Å². The molecule has 3 aliphatic heterocycles. The minimum absolute atomic E-state index is 0.00609. The fourth-order valence-corrected chi connectivity index (χ4v) is 12.9. The molecule has 4 fully saturated rings. The van der Waals surface area contributed by atoms with Crippen LogP contribution in [0, 0.1) is 11.7 Å². The summed E-state index contributed by atoms with van der Waals surface area (Å²) in [5.41, 5.74) is 5.76. The number of piperidine rings is 1. The minimum atomic E-state index is -1.17. The van der Waals surface area contributed by atoms with Gasteiger partial charge in [-0.25, -0.2) is 14.3 Å². The number of rotatable bonds is 19. The predicted molar refractivity (Wildman–Crippen MR) is 325 cm³/mol. The molecule has 0 bridgehead atoms. The number of fused-ring (bicyclic) bond motifs is 4. The van der Waals surface area contributed by atoms with E-state index in [1.807, 2.05) is 64.4 Å². The van der Waals surface area contributed by atoms with Gasteiger partial charge in [-0.2, -0.15) is 5.10 Å². The number of aromatic nitrogens is 2. The number of amides is 6. The van der Waals surface area contributed by atoms with E-state index >= 15 is 4.39 Å². The fraction of sp³-hybridized carbons (Fsp3) is 0.433. The maximum atomic E-state index is 15.1. The smallest absolute Gasteiger partial charge is 0.410 e. The summed E-state index contributed by atoms with van der Waals surface area (Å²) in [5.74, 6) is -1.49. The van der Waals surface area contributed by atoms with E-state index in [-0.39, 0.29) is 85.4 Å². The number of ether oxygens (including phenoxy) is 1. The van der Waals surface area contributed by atoms with E-state index in [9.17, 15) is 33.6 Å². The molecule has 5 aromatic carbocycles. The molecular formula is C67H77FN10O8. The van der Waals surface area contributed by atoms with E-state index in [0.717, 1.165) is 66.5 Å². The first kappa shape index (κ1) is 59.4. The second kappa shape index (κ2) is 26.1. The van der Waals surface area contributed by atoms with Crippen molar-refractivity contribution in [3.8, 4) is 11.1 Å². The Hall–Kier alpha value is -8.29. The highest BCUT2D eigenvalue weighted by Gasteiger charge is 2.39. The fourth-order valence-electron chi connectivity index (χ4n) is 12.9. The highest BCUT2D eigenvalue weighted by Crippen LogP contribution is 2.45. The number of H-pyrrole nitrogens is 1. The molecule has 11 rings (SSSR count). The Balaban J connectivity index is 0.578.